The number of carboxylic acid groups (broad SMARTS) is 1. The highest BCUT2D eigenvalue weighted by atomic mass is 16.4. The number of rotatable bonds is 5. The molecule has 0 fully saturated rings. The molecular formula is C14H20O2. The van der Waals surface area contributed by atoms with E-state index in [9.17, 15) is 9.90 Å². The molecule has 0 aliphatic rings. The first-order valence-corrected chi connectivity index (χ1v) is 5.88. The molecule has 1 rings (SSSR count). The third kappa shape index (κ3) is 2.26. The van der Waals surface area contributed by atoms with Crippen molar-refractivity contribution in [2.24, 2.45) is 0 Å². The van der Waals surface area contributed by atoms with Gasteiger partial charge in [0.25, 0.3) is 0 Å². The van der Waals surface area contributed by atoms with Crippen molar-refractivity contribution in [2.45, 2.75) is 45.4 Å². The second kappa shape index (κ2) is 5.15. The van der Waals surface area contributed by atoms with Crippen molar-refractivity contribution in [1.29, 1.82) is 0 Å². The quantitative estimate of drug-likeness (QED) is 0.825. The van der Waals surface area contributed by atoms with E-state index in [2.05, 4.69) is 6.92 Å². The molecule has 1 atom stereocenters. The highest BCUT2D eigenvalue weighted by Gasteiger charge is 2.35. The summed E-state index contributed by atoms with van der Waals surface area (Å²) in [4.78, 5) is 11.5. The first kappa shape index (κ1) is 12.8. The summed E-state index contributed by atoms with van der Waals surface area (Å²) in [5, 5.41) is 9.44. The monoisotopic (exact) mass is 220 g/mol. The van der Waals surface area contributed by atoms with Crippen LogP contribution in [0.1, 0.15) is 44.7 Å². The maximum atomic E-state index is 11.5. The topological polar surface area (TPSA) is 37.3 Å². The minimum atomic E-state index is -0.749. The predicted molar refractivity (Wildman–Crippen MR) is 65.7 cm³/mol. The Hall–Kier alpha value is -1.31. The summed E-state index contributed by atoms with van der Waals surface area (Å²) < 4.78 is 0. The average Bonchev–Trinajstić information content (AvgIpc) is 2.29. The van der Waals surface area contributed by atoms with Crippen LogP contribution in [0.2, 0.25) is 0 Å². The fourth-order valence-electron chi connectivity index (χ4n) is 2.22. The Kier molecular flexibility index (Phi) is 4.11. The summed E-state index contributed by atoms with van der Waals surface area (Å²) in [5.41, 5.74) is 1.36. The van der Waals surface area contributed by atoms with Gasteiger partial charge in [-0.25, -0.2) is 0 Å². The Balaban J connectivity index is 3.25. The van der Waals surface area contributed by atoms with Crippen LogP contribution in [0.5, 0.6) is 0 Å². The Morgan fingerprint density at radius 3 is 2.44 bits per heavy atom. The zero-order valence-corrected chi connectivity index (χ0v) is 10.3. The Labute approximate surface area is 97.3 Å². The lowest BCUT2D eigenvalue weighted by Gasteiger charge is -2.27. The molecule has 88 valence electrons. The van der Waals surface area contributed by atoms with Gasteiger partial charge in [-0.3, -0.25) is 4.79 Å². The lowest BCUT2D eigenvalue weighted by Crippen LogP contribution is -2.33. The molecule has 0 aromatic heterocycles. The van der Waals surface area contributed by atoms with Crippen molar-refractivity contribution < 1.29 is 9.90 Å². The Morgan fingerprint density at radius 2 is 1.94 bits per heavy atom. The normalized spacial score (nSPS) is 14.4. The molecule has 16 heavy (non-hydrogen) atoms. The number of hydrogen-bond acceptors (Lipinski definition) is 1. The highest BCUT2D eigenvalue weighted by molar-refractivity contribution is 5.81. The van der Waals surface area contributed by atoms with Crippen molar-refractivity contribution in [3.63, 3.8) is 0 Å². The van der Waals surface area contributed by atoms with Crippen LogP contribution in [0.25, 0.3) is 0 Å². The zero-order chi connectivity index (χ0) is 12.2. The number of hydrogen-bond donors (Lipinski definition) is 1. The van der Waals surface area contributed by atoms with E-state index in [1.165, 1.54) is 0 Å². The van der Waals surface area contributed by atoms with Crippen LogP contribution in [0.4, 0.5) is 0 Å². The van der Waals surface area contributed by atoms with Crippen molar-refractivity contribution in [1.82, 2.24) is 0 Å². The number of carbonyl (C=O) groups is 1. The molecule has 0 radical (unpaired) electrons. The van der Waals surface area contributed by atoms with Crippen molar-refractivity contribution >= 4 is 5.97 Å². The van der Waals surface area contributed by atoms with Crippen LogP contribution in [-0.4, -0.2) is 11.1 Å². The third-order valence-corrected chi connectivity index (χ3v) is 3.21. The second-order valence-corrected chi connectivity index (χ2v) is 4.40. The van der Waals surface area contributed by atoms with Crippen LogP contribution in [0.15, 0.2) is 24.3 Å². The summed E-state index contributed by atoms with van der Waals surface area (Å²) in [6.07, 6.45) is 2.43. The minimum absolute atomic E-state index is 0.680. The predicted octanol–water partition coefficient (Wildman–Crippen LogP) is 3.39. The SMILES string of the molecule is CCCC(C)(C(=O)O)c1ccccc1CC. The molecule has 2 nitrogen and oxygen atoms in total. The smallest absolute Gasteiger partial charge is 0.313 e. The van der Waals surface area contributed by atoms with Crippen molar-refractivity contribution in [2.75, 3.05) is 0 Å². The van der Waals surface area contributed by atoms with Crippen LogP contribution in [-0.2, 0) is 16.6 Å². The molecule has 2 heteroatoms. The second-order valence-electron chi connectivity index (χ2n) is 4.40. The standard InChI is InChI=1S/C14H20O2/c1-4-10-14(3,13(15)16)12-9-7-6-8-11(12)5-2/h6-9H,4-5,10H2,1-3H3,(H,15,16). The highest BCUT2D eigenvalue weighted by Crippen LogP contribution is 2.32. The summed E-state index contributed by atoms with van der Waals surface area (Å²) in [7, 11) is 0. The molecular weight excluding hydrogens is 200 g/mol. The molecule has 1 N–H and O–H groups in total. The van der Waals surface area contributed by atoms with Gasteiger partial charge in [-0.15, -0.1) is 0 Å². The molecule has 1 aromatic rings. The van der Waals surface area contributed by atoms with Gasteiger partial charge in [0.05, 0.1) is 5.41 Å². The third-order valence-electron chi connectivity index (χ3n) is 3.21. The van der Waals surface area contributed by atoms with Crippen LogP contribution >= 0.6 is 0 Å². The number of carboxylic acids is 1. The molecule has 0 saturated carbocycles. The van der Waals surface area contributed by atoms with Gasteiger partial charge in [-0.05, 0) is 30.9 Å². The number of aliphatic carboxylic acids is 1. The van der Waals surface area contributed by atoms with E-state index < -0.39 is 11.4 Å². The fourth-order valence-corrected chi connectivity index (χ4v) is 2.22. The van der Waals surface area contributed by atoms with E-state index in [4.69, 9.17) is 0 Å². The maximum Gasteiger partial charge on any atom is 0.313 e. The summed E-state index contributed by atoms with van der Waals surface area (Å²) in [6.45, 7) is 5.91. The van der Waals surface area contributed by atoms with E-state index in [-0.39, 0.29) is 0 Å². The molecule has 0 aliphatic carbocycles. The molecule has 0 saturated heterocycles. The lowest BCUT2D eigenvalue weighted by molar-refractivity contribution is -0.143. The molecule has 0 amide bonds. The van der Waals surface area contributed by atoms with Gasteiger partial charge in [0.1, 0.15) is 0 Å². The van der Waals surface area contributed by atoms with Gasteiger partial charge >= 0.3 is 5.97 Å². The van der Waals surface area contributed by atoms with E-state index in [1.54, 1.807) is 0 Å². The van der Waals surface area contributed by atoms with Gasteiger partial charge in [0, 0.05) is 0 Å². The molecule has 1 aromatic carbocycles. The van der Waals surface area contributed by atoms with Gasteiger partial charge in [-0.2, -0.15) is 0 Å². The maximum absolute atomic E-state index is 11.5. The van der Waals surface area contributed by atoms with Gasteiger partial charge in [0.2, 0.25) is 0 Å². The summed E-state index contributed by atoms with van der Waals surface area (Å²) in [5.74, 6) is -0.727. The first-order chi connectivity index (χ1) is 7.56. The lowest BCUT2D eigenvalue weighted by atomic mass is 9.76. The van der Waals surface area contributed by atoms with Crippen LogP contribution in [0, 0.1) is 0 Å². The van der Waals surface area contributed by atoms with Gasteiger partial charge < -0.3 is 5.11 Å². The van der Waals surface area contributed by atoms with E-state index in [1.807, 2.05) is 38.1 Å². The van der Waals surface area contributed by atoms with Crippen molar-refractivity contribution in [3.05, 3.63) is 35.4 Å². The molecule has 1 unspecified atom stereocenters. The molecule has 0 heterocycles. The van der Waals surface area contributed by atoms with E-state index in [0.29, 0.717) is 6.42 Å². The van der Waals surface area contributed by atoms with E-state index in [0.717, 1.165) is 24.0 Å². The van der Waals surface area contributed by atoms with Crippen LogP contribution < -0.4 is 0 Å². The molecule has 0 aliphatic heterocycles. The zero-order valence-electron chi connectivity index (χ0n) is 10.3. The number of aryl methyl sites for hydroxylation is 1. The Bertz CT molecular complexity index is 371. The van der Waals surface area contributed by atoms with Crippen molar-refractivity contribution in [3.8, 4) is 0 Å². The van der Waals surface area contributed by atoms with Crippen LogP contribution in [0.3, 0.4) is 0 Å². The fraction of sp³-hybridized carbons (Fsp3) is 0.500. The minimum Gasteiger partial charge on any atom is -0.481 e. The number of benzene rings is 1. The van der Waals surface area contributed by atoms with Gasteiger partial charge in [-0.1, -0.05) is 44.5 Å². The summed E-state index contributed by atoms with van der Waals surface area (Å²) in [6, 6.07) is 7.86. The average molecular weight is 220 g/mol. The first-order valence-electron chi connectivity index (χ1n) is 5.88. The largest absolute Gasteiger partial charge is 0.481 e. The molecule has 0 bridgehead atoms. The summed E-state index contributed by atoms with van der Waals surface area (Å²) >= 11 is 0. The Morgan fingerprint density at radius 1 is 1.31 bits per heavy atom. The van der Waals surface area contributed by atoms with Gasteiger partial charge in [0.15, 0.2) is 0 Å². The van der Waals surface area contributed by atoms with E-state index >= 15 is 0 Å². The molecule has 0 spiro atoms.